The van der Waals surface area contributed by atoms with Crippen LogP contribution in [0.3, 0.4) is 0 Å². The van der Waals surface area contributed by atoms with Gasteiger partial charge >= 0.3 is 12.0 Å². The average Bonchev–Trinajstić information content (AvgIpc) is 3.07. The van der Waals surface area contributed by atoms with E-state index in [-0.39, 0.29) is 18.0 Å². The van der Waals surface area contributed by atoms with E-state index in [1.165, 1.54) is 0 Å². The smallest absolute Gasteiger partial charge is 0.319 e. The van der Waals surface area contributed by atoms with Crippen molar-refractivity contribution in [2.75, 3.05) is 6.61 Å². The first-order valence-electron chi connectivity index (χ1n) is 10.1. The molecule has 3 aromatic rings. The van der Waals surface area contributed by atoms with Crippen molar-refractivity contribution < 1.29 is 23.8 Å². The quantitative estimate of drug-likeness (QED) is 0.617. The number of benzene rings is 1. The molecule has 8 nitrogen and oxygen atoms in total. The van der Waals surface area contributed by atoms with E-state index in [1.54, 1.807) is 6.20 Å². The Labute approximate surface area is 174 Å². The summed E-state index contributed by atoms with van der Waals surface area (Å²) < 4.78 is 17.5. The second-order valence-electron chi connectivity index (χ2n) is 8.25. The molecule has 2 heterocycles. The van der Waals surface area contributed by atoms with Crippen molar-refractivity contribution in [3.63, 3.8) is 0 Å². The van der Waals surface area contributed by atoms with Crippen molar-refractivity contribution in [3.8, 4) is 23.2 Å². The Morgan fingerprint density at radius 3 is 2.57 bits per heavy atom. The van der Waals surface area contributed by atoms with Crippen molar-refractivity contribution in [2.24, 2.45) is 11.8 Å². The Kier molecular flexibility index (Phi) is 5.32. The van der Waals surface area contributed by atoms with Gasteiger partial charge in [-0.15, -0.1) is 0 Å². The third-order valence-corrected chi connectivity index (χ3v) is 5.11. The van der Waals surface area contributed by atoms with E-state index in [9.17, 15) is 4.79 Å². The van der Waals surface area contributed by atoms with Crippen LogP contribution in [0, 0.1) is 25.7 Å². The van der Waals surface area contributed by atoms with Crippen molar-refractivity contribution in [1.29, 1.82) is 0 Å². The summed E-state index contributed by atoms with van der Waals surface area (Å²) in [4.78, 5) is 24.0. The molecule has 0 saturated heterocycles. The largest absolute Gasteiger partial charge is 0.490 e. The minimum Gasteiger partial charge on any atom is -0.490 e. The number of aliphatic carboxylic acids is 1. The fourth-order valence-corrected chi connectivity index (χ4v) is 3.44. The summed E-state index contributed by atoms with van der Waals surface area (Å²) in [5, 5.41) is 9.03. The van der Waals surface area contributed by atoms with Gasteiger partial charge in [0, 0.05) is 5.56 Å². The molecule has 0 atom stereocenters. The van der Waals surface area contributed by atoms with E-state index in [0.717, 1.165) is 22.4 Å². The molecule has 1 fully saturated rings. The summed E-state index contributed by atoms with van der Waals surface area (Å²) in [6, 6.07) is 4.17. The minimum atomic E-state index is -0.754. The zero-order valence-electron chi connectivity index (χ0n) is 17.5. The SMILES string of the molecule is Cc1cc(-c2nc3cnc(OCC(C)C)nc3o2)cc(C)c1OC1CC(C(=O)O)C1. The van der Waals surface area contributed by atoms with Gasteiger partial charge in [-0.3, -0.25) is 4.79 Å². The van der Waals surface area contributed by atoms with Crippen molar-refractivity contribution in [2.45, 2.75) is 46.6 Å². The van der Waals surface area contributed by atoms with Crippen LogP contribution in [0.15, 0.2) is 22.7 Å². The van der Waals surface area contributed by atoms with Gasteiger partial charge in [-0.2, -0.15) is 4.98 Å². The molecule has 4 rings (SSSR count). The lowest BCUT2D eigenvalue weighted by Crippen LogP contribution is -2.38. The van der Waals surface area contributed by atoms with E-state index < -0.39 is 5.97 Å². The van der Waals surface area contributed by atoms with Crippen molar-refractivity contribution in [3.05, 3.63) is 29.5 Å². The lowest BCUT2D eigenvalue weighted by Gasteiger charge is -2.33. The summed E-state index contributed by atoms with van der Waals surface area (Å²) in [6.45, 7) is 8.55. The Balaban J connectivity index is 1.54. The first-order valence-corrected chi connectivity index (χ1v) is 10.1. The number of hydrogen-bond donors (Lipinski definition) is 1. The molecule has 0 radical (unpaired) electrons. The van der Waals surface area contributed by atoms with Crippen LogP contribution >= 0.6 is 0 Å². The standard InChI is InChI=1S/C22H25N3O5/c1-11(2)10-28-22-23-9-17-20(25-22)30-19(24-17)14-5-12(3)18(13(4)6-14)29-16-7-15(8-16)21(26)27/h5-6,9,11,15-16H,7-8,10H2,1-4H3,(H,26,27). The maximum atomic E-state index is 11.0. The molecule has 1 N–H and O–H groups in total. The Morgan fingerprint density at radius 2 is 1.93 bits per heavy atom. The van der Waals surface area contributed by atoms with Gasteiger partial charge in [0.05, 0.1) is 18.7 Å². The number of fused-ring (bicyclic) bond motifs is 1. The number of hydrogen-bond acceptors (Lipinski definition) is 7. The molecule has 2 aromatic heterocycles. The van der Waals surface area contributed by atoms with Crippen LogP contribution in [0.4, 0.5) is 0 Å². The molecule has 0 aliphatic heterocycles. The second kappa shape index (κ2) is 7.93. The van der Waals surface area contributed by atoms with Gasteiger partial charge in [-0.1, -0.05) is 13.8 Å². The number of carboxylic acids is 1. The Bertz CT molecular complexity index is 1060. The van der Waals surface area contributed by atoms with Crippen molar-refractivity contribution in [1.82, 2.24) is 15.0 Å². The lowest BCUT2D eigenvalue weighted by atomic mass is 9.82. The van der Waals surface area contributed by atoms with Gasteiger partial charge in [0.2, 0.25) is 5.89 Å². The molecule has 0 amide bonds. The number of nitrogens with zero attached hydrogens (tertiary/aromatic N) is 3. The van der Waals surface area contributed by atoms with E-state index in [1.807, 2.05) is 26.0 Å². The van der Waals surface area contributed by atoms with Crippen LogP contribution in [-0.2, 0) is 4.79 Å². The van der Waals surface area contributed by atoms with E-state index in [2.05, 4.69) is 28.8 Å². The van der Waals surface area contributed by atoms with Crippen LogP contribution in [0.25, 0.3) is 22.7 Å². The number of rotatable bonds is 7. The number of carbonyl (C=O) groups is 1. The molecule has 1 aliphatic carbocycles. The van der Waals surface area contributed by atoms with E-state index >= 15 is 0 Å². The van der Waals surface area contributed by atoms with Crippen molar-refractivity contribution >= 4 is 17.2 Å². The second-order valence-corrected chi connectivity index (χ2v) is 8.25. The number of ether oxygens (including phenoxy) is 2. The number of aromatic nitrogens is 3. The summed E-state index contributed by atoms with van der Waals surface area (Å²) in [5.41, 5.74) is 3.64. The zero-order chi connectivity index (χ0) is 21.4. The predicted octanol–water partition coefficient (Wildman–Crippen LogP) is 4.18. The zero-order valence-corrected chi connectivity index (χ0v) is 17.5. The molecule has 1 aromatic carbocycles. The van der Waals surface area contributed by atoms with Gasteiger partial charge in [0.25, 0.3) is 5.71 Å². The molecule has 1 aliphatic rings. The molecule has 1 saturated carbocycles. The topological polar surface area (TPSA) is 108 Å². The summed E-state index contributed by atoms with van der Waals surface area (Å²) in [7, 11) is 0. The van der Waals surface area contributed by atoms with Crippen LogP contribution in [0.1, 0.15) is 37.8 Å². The summed E-state index contributed by atoms with van der Waals surface area (Å²) >= 11 is 0. The number of carboxylic acid groups (broad SMARTS) is 1. The third-order valence-electron chi connectivity index (χ3n) is 5.11. The predicted molar refractivity (Wildman–Crippen MR) is 110 cm³/mol. The number of aryl methyl sites for hydroxylation is 2. The van der Waals surface area contributed by atoms with Crippen LogP contribution in [0.5, 0.6) is 11.8 Å². The van der Waals surface area contributed by atoms with E-state index in [4.69, 9.17) is 19.0 Å². The molecular formula is C22H25N3O5. The lowest BCUT2D eigenvalue weighted by molar-refractivity contribution is -0.147. The molecule has 30 heavy (non-hydrogen) atoms. The molecule has 0 spiro atoms. The third kappa shape index (κ3) is 4.08. The van der Waals surface area contributed by atoms with Crippen LogP contribution in [-0.4, -0.2) is 38.7 Å². The van der Waals surface area contributed by atoms with Gasteiger partial charge in [0.1, 0.15) is 17.4 Å². The van der Waals surface area contributed by atoms with Crippen LogP contribution in [0.2, 0.25) is 0 Å². The fraction of sp³-hybridized carbons (Fsp3) is 0.455. The highest BCUT2D eigenvalue weighted by Gasteiger charge is 2.36. The number of oxazole rings is 1. The highest BCUT2D eigenvalue weighted by molar-refractivity contribution is 5.73. The van der Waals surface area contributed by atoms with E-state index in [0.29, 0.717) is 42.5 Å². The fourth-order valence-electron chi connectivity index (χ4n) is 3.44. The molecule has 0 unspecified atom stereocenters. The first-order chi connectivity index (χ1) is 14.3. The highest BCUT2D eigenvalue weighted by Crippen LogP contribution is 2.36. The monoisotopic (exact) mass is 411 g/mol. The molecule has 0 bridgehead atoms. The van der Waals surface area contributed by atoms with Gasteiger partial charge in [-0.05, 0) is 55.9 Å². The maximum Gasteiger partial charge on any atom is 0.319 e. The Morgan fingerprint density at radius 1 is 1.23 bits per heavy atom. The Hall–Kier alpha value is -3.16. The summed E-state index contributed by atoms with van der Waals surface area (Å²) in [5.74, 6) is 0.553. The summed E-state index contributed by atoms with van der Waals surface area (Å²) in [6.07, 6.45) is 2.62. The molecule has 158 valence electrons. The van der Waals surface area contributed by atoms with Gasteiger partial charge in [0.15, 0.2) is 0 Å². The highest BCUT2D eigenvalue weighted by atomic mass is 16.5. The molecular weight excluding hydrogens is 386 g/mol. The normalized spacial score (nSPS) is 18.4. The molecule has 8 heteroatoms. The van der Waals surface area contributed by atoms with Gasteiger partial charge < -0.3 is 19.0 Å². The van der Waals surface area contributed by atoms with Crippen LogP contribution < -0.4 is 9.47 Å². The minimum absolute atomic E-state index is 0.0572. The first kappa shape index (κ1) is 20.1. The average molecular weight is 411 g/mol. The van der Waals surface area contributed by atoms with Gasteiger partial charge in [-0.25, -0.2) is 9.97 Å². The maximum absolute atomic E-state index is 11.0.